The van der Waals surface area contributed by atoms with Crippen LogP contribution >= 0.6 is 34.8 Å². The third-order valence-electron chi connectivity index (χ3n) is 2.32. The van der Waals surface area contributed by atoms with Crippen LogP contribution in [0.15, 0.2) is 36.4 Å². The Morgan fingerprint density at radius 3 is 2.10 bits per heavy atom. The lowest BCUT2D eigenvalue weighted by molar-refractivity contribution is 0.262. The first-order valence-corrected chi connectivity index (χ1v) is 6.60. The van der Waals surface area contributed by atoms with Gasteiger partial charge in [0.25, 0.3) is 0 Å². The topological polar surface area (TPSA) is 61.4 Å². The first kappa shape index (κ1) is 14.8. The highest BCUT2D eigenvalue weighted by Gasteiger charge is 2.06. The average molecular weight is 332 g/mol. The second kappa shape index (κ2) is 6.22. The summed E-state index contributed by atoms with van der Waals surface area (Å²) < 4.78 is 0. The molecule has 0 aliphatic heterocycles. The molecule has 2 rings (SSSR count). The maximum atomic E-state index is 11.8. The Kier molecular flexibility index (Phi) is 4.60. The van der Waals surface area contributed by atoms with Gasteiger partial charge in [-0.3, -0.25) is 0 Å². The van der Waals surface area contributed by atoms with Crippen LogP contribution in [0.3, 0.4) is 0 Å². The zero-order valence-corrected chi connectivity index (χ0v) is 12.2. The van der Waals surface area contributed by atoms with Crippen LogP contribution in [-0.4, -0.2) is 11.1 Å². The summed E-state index contributed by atoms with van der Waals surface area (Å²) in [5.74, 6) is -0.115. The summed E-state index contributed by atoms with van der Waals surface area (Å²) in [4.78, 5) is 11.8. The largest absolute Gasteiger partial charge is 0.506 e. The molecule has 0 aromatic heterocycles. The van der Waals surface area contributed by atoms with Crippen molar-refractivity contribution in [3.05, 3.63) is 51.5 Å². The summed E-state index contributed by atoms with van der Waals surface area (Å²) in [6.45, 7) is 0. The number of hydrogen-bond donors (Lipinski definition) is 3. The molecule has 0 spiro atoms. The van der Waals surface area contributed by atoms with Gasteiger partial charge in [0, 0.05) is 27.5 Å². The fourth-order valence-corrected chi connectivity index (χ4v) is 2.15. The van der Waals surface area contributed by atoms with Gasteiger partial charge < -0.3 is 15.7 Å². The molecule has 0 atom stereocenters. The molecule has 0 saturated heterocycles. The molecule has 0 heterocycles. The predicted octanol–water partition coefficient (Wildman–Crippen LogP) is 5.00. The third kappa shape index (κ3) is 3.93. The molecule has 0 aliphatic rings. The van der Waals surface area contributed by atoms with Crippen molar-refractivity contribution in [2.45, 2.75) is 0 Å². The smallest absolute Gasteiger partial charge is 0.323 e. The molecule has 2 aromatic carbocycles. The minimum atomic E-state index is -0.495. The summed E-state index contributed by atoms with van der Waals surface area (Å²) in [6, 6.07) is 8.56. The molecule has 0 bridgehead atoms. The molecular formula is C13H9Cl3N2O2. The quantitative estimate of drug-likeness (QED) is 0.725. The molecule has 0 saturated carbocycles. The van der Waals surface area contributed by atoms with Crippen LogP contribution in [0, 0.1) is 0 Å². The van der Waals surface area contributed by atoms with Gasteiger partial charge in [0.05, 0.1) is 5.02 Å². The van der Waals surface area contributed by atoms with Crippen molar-refractivity contribution in [3.8, 4) is 5.75 Å². The van der Waals surface area contributed by atoms with E-state index in [4.69, 9.17) is 34.8 Å². The number of hydrogen-bond acceptors (Lipinski definition) is 2. The Morgan fingerprint density at radius 1 is 0.900 bits per heavy atom. The zero-order valence-electron chi connectivity index (χ0n) is 9.95. The molecule has 7 heteroatoms. The summed E-state index contributed by atoms with van der Waals surface area (Å²) in [7, 11) is 0. The van der Waals surface area contributed by atoms with E-state index in [9.17, 15) is 9.90 Å². The van der Waals surface area contributed by atoms with Crippen molar-refractivity contribution in [2.24, 2.45) is 0 Å². The van der Waals surface area contributed by atoms with Crippen LogP contribution in [0.1, 0.15) is 0 Å². The van der Waals surface area contributed by atoms with Crippen LogP contribution in [0.5, 0.6) is 5.75 Å². The first-order valence-electron chi connectivity index (χ1n) is 5.46. The fraction of sp³-hybridized carbons (Fsp3) is 0. The summed E-state index contributed by atoms with van der Waals surface area (Å²) >= 11 is 17.3. The molecule has 3 N–H and O–H groups in total. The molecule has 0 aliphatic carbocycles. The van der Waals surface area contributed by atoms with E-state index < -0.39 is 6.03 Å². The van der Waals surface area contributed by atoms with Gasteiger partial charge in [-0.05, 0) is 30.3 Å². The number of rotatable bonds is 2. The minimum Gasteiger partial charge on any atom is -0.506 e. The van der Waals surface area contributed by atoms with Crippen LogP contribution in [0.2, 0.25) is 15.1 Å². The monoisotopic (exact) mass is 330 g/mol. The predicted molar refractivity (Wildman–Crippen MR) is 82.2 cm³/mol. The number of anilines is 2. The van der Waals surface area contributed by atoms with E-state index >= 15 is 0 Å². The lowest BCUT2D eigenvalue weighted by atomic mass is 10.3. The SMILES string of the molecule is O=C(Nc1cc(Cl)cc(Cl)c1)Nc1ccc(Cl)c(O)c1. The van der Waals surface area contributed by atoms with E-state index in [1.165, 1.54) is 12.1 Å². The normalized spacial score (nSPS) is 10.2. The van der Waals surface area contributed by atoms with Gasteiger partial charge in [0.15, 0.2) is 0 Å². The molecule has 104 valence electrons. The Labute approximate surface area is 130 Å². The highest BCUT2D eigenvalue weighted by Crippen LogP contribution is 2.26. The first-order chi connectivity index (χ1) is 9.44. The van der Waals surface area contributed by atoms with Crippen molar-refractivity contribution < 1.29 is 9.90 Å². The van der Waals surface area contributed by atoms with Crippen molar-refractivity contribution >= 4 is 52.2 Å². The second-order valence-corrected chi connectivity index (χ2v) is 5.18. The van der Waals surface area contributed by atoms with Crippen molar-refractivity contribution in [1.82, 2.24) is 0 Å². The number of carbonyl (C=O) groups excluding carboxylic acids is 1. The second-order valence-electron chi connectivity index (χ2n) is 3.90. The highest BCUT2D eigenvalue weighted by atomic mass is 35.5. The number of halogens is 3. The summed E-state index contributed by atoms with van der Waals surface area (Å²) in [6.07, 6.45) is 0. The van der Waals surface area contributed by atoms with Crippen LogP contribution in [0.25, 0.3) is 0 Å². The van der Waals surface area contributed by atoms with Gasteiger partial charge in [-0.2, -0.15) is 0 Å². The van der Waals surface area contributed by atoms with E-state index in [-0.39, 0.29) is 10.8 Å². The maximum absolute atomic E-state index is 11.8. The summed E-state index contributed by atoms with van der Waals surface area (Å²) in [5, 5.41) is 15.6. The van der Waals surface area contributed by atoms with E-state index in [0.717, 1.165) is 0 Å². The number of urea groups is 1. The highest BCUT2D eigenvalue weighted by molar-refractivity contribution is 6.35. The summed E-state index contributed by atoms with van der Waals surface area (Å²) in [5.41, 5.74) is 0.857. The Hall–Kier alpha value is -1.62. The molecule has 0 unspecified atom stereocenters. The van der Waals surface area contributed by atoms with Crippen molar-refractivity contribution in [2.75, 3.05) is 10.6 Å². The number of nitrogens with one attached hydrogen (secondary N) is 2. The van der Waals surface area contributed by atoms with Gasteiger partial charge >= 0.3 is 6.03 Å². The molecular weight excluding hydrogens is 323 g/mol. The third-order valence-corrected chi connectivity index (χ3v) is 3.08. The molecule has 4 nitrogen and oxygen atoms in total. The minimum absolute atomic E-state index is 0.115. The van der Waals surface area contributed by atoms with Gasteiger partial charge in [-0.25, -0.2) is 4.79 Å². The molecule has 0 radical (unpaired) electrons. The Balaban J connectivity index is 2.06. The Morgan fingerprint density at radius 2 is 1.50 bits per heavy atom. The molecule has 0 fully saturated rings. The van der Waals surface area contributed by atoms with Crippen molar-refractivity contribution in [1.29, 1.82) is 0 Å². The van der Waals surface area contributed by atoms with Crippen LogP contribution in [-0.2, 0) is 0 Å². The number of carbonyl (C=O) groups is 1. The number of amides is 2. The molecule has 20 heavy (non-hydrogen) atoms. The molecule has 2 aromatic rings. The lowest BCUT2D eigenvalue weighted by Crippen LogP contribution is -2.19. The van der Waals surface area contributed by atoms with E-state index in [2.05, 4.69) is 10.6 Å². The molecule has 2 amide bonds. The van der Waals surface area contributed by atoms with Crippen LogP contribution < -0.4 is 10.6 Å². The Bertz CT molecular complexity index is 642. The van der Waals surface area contributed by atoms with Crippen LogP contribution in [0.4, 0.5) is 16.2 Å². The van der Waals surface area contributed by atoms with E-state index in [1.807, 2.05) is 0 Å². The van der Waals surface area contributed by atoms with Gasteiger partial charge in [0.1, 0.15) is 5.75 Å². The zero-order chi connectivity index (χ0) is 14.7. The number of benzene rings is 2. The standard InChI is InChI=1S/C13H9Cl3N2O2/c14-7-3-8(15)5-10(4-7)18-13(20)17-9-1-2-11(16)12(19)6-9/h1-6,19H,(H2,17,18,20). The van der Waals surface area contributed by atoms with Gasteiger partial charge in [-0.1, -0.05) is 34.8 Å². The van der Waals surface area contributed by atoms with Gasteiger partial charge in [0.2, 0.25) is 0 Å². The van der Waals surface area contributed by atoms with E-state index in [0.29, 0.717) is 21.4 Å². The number of aromatic hydroxyl groups is 1. The number of phenolic OH excluding ortho intramolecular Hbond substituents is 1. The maximum Gasteiger partial charge on any atom is 0.323 e. The lowest BCUT2D eigenvalue weighted by Gasteiger charge is -2.09. The van der Waals surface area contributed by atoms with Gasteiger partial charge in [-0.15, -0.1) is 0 Å². The van der Waals surface area contributed by atoms with E-state index in [1.54, 1.807) is 24.3 Å². The number of phenols is 1. The van der Waals surface area contributed by atoms with Crippen molar-refractivity contribution in [3.63, 3.8) is 0 Å². The fourth-order valence-electron chi connectivity index (χ4n) is 1.51. The average Bonchev–Trinajstić information content (AvgIpc) is 2.32.